The summed E-state index contributed by atoms with van der Waals surface area (Å²) in [5.41, 5.74) is 2.07. The van der Waals surface area contributed by atoms with Crippen LogP contribution in [-0.4, -0.2) is 46.0 Å². The maximum Gasteiger partial charge on any atom is 0.224 e. The van der Waals surface area contributed by atoms with Gasteiger partial charge in [-0.05, 0) is 19.1 Å². The number of nitrogens with one attached hydrogen (secondary N) is 1. The van der Waals surface area contributed by atoms with Crippen molar-refractivity contribution in [3.05, 3.63) is 30.6 Å². The van der Waals surface area contributed by atoms with Crippen molar-refractivity contribution < 1.29 is 4.79 Å². The van der Waals surface area contributed by atoms with E-state index in [4.69, 9.17) is 0 Å². The molecule has 0 bridgehead atoms. The lowest BCUT2D eigenvalue weighted by Gasteiger charge is -2.32. The van der Waals surface area contributed by atoms with Gasteiger partial charge in [-0.25, -0.2) is 4.98 Å². The summed E-state index contributed by atoms with van der Waals surface area (Å²) in [5.74, 6) is 0.233. The van der Waals surface area contributed by atoms with Gasteiger partial charge in [0.05, 0.1) is 17.4 Å². The lowest BCUT2D eigenvalue weighted by atomic mass is 10.2. The fourth-order valence-corrected chi connectivity index (χ4v) is 2.72. The molecule has 1 N–H and O–H groups in total. The molecular formula is C15H22Cl2N4O. The maximum atomic E-state index is 12.2. The van der Waals surface area contributed by atoms with Crippen LogP contribution in [0.2, 0.25) is 0 Å². The molecule has 1 fully saturated rings. The minimum Gasteiger partial charge on any atom is -0.340 e. The number of piperazine rings is 1. The van der Waals surface area contributed by atoms with Gasteiger partial charge in [0, 0.05) is 38.6 Å². The molecule has 1 aromatic heterocycles. The van der Waals surface area contributed by atoms with Crippen LogP contribution in [0.25, 0.3) is 11.0 Å². The Labute approximate surface area is 142 Å². The molecule has 0 radical (unpaired) electrons. The van der Waals surface area contributed by atoms with Gasteiger partial charge in [0.2, 0.25) is 5.91 Å². The van der Waals surface area contributed by atoms with Gasteiger partial charge < -0.3 is 14.8 Å². The highest BCUT2D eigenvalue weighted by molar-refractivity contribution is 5.85. The Morgan fingerprint density at radius 3 is 2.91 bits per heavy atom. The smallest absolute Gasteiger partial charge is 0.224 e. The molecule has 1 aliphatic rings. The maximum absolute atomic E-state index is 12.2. The number of hydrogen-bond donors (Lipinski definition) is 1. The molecule has 22 heavy (non-hydrogen) atoms. The van der Waals surface area contributed by atoms with Gasteiger partial charge >= 0.3 is 0 Å². The van der Waals surface area contributed by atoms with E-state index in [1.54, 1.807) is 0 Å². The standard InChI is InChI=1S/C15H20N4O.2ClH/c1-12-10-18(9-7-16-12)15(20)6-8-19-11-17-13-4-2-3-5-14(13)19;;/h2-5,11-12,16H,6-10H2,1H3;2*1H. The highest BCUT2D eigenvalue weighted by Gasteiger charge is 2.20. The molecular weight excluding hydrogens is 323 g/mol. The molecule has 0 aliphatic carbocycles. The van der Waals surface area contributed by atoms with E-state index in [0.29, 0.717) is 19.0 Å². The lowest BCUT2D eigenvalue weighted by molar-refractivity contribution is -0.132. The minimum absolute atomic E-state index is 0. The number of carbonyl (C=O) groups excluding carboxylic acids is 1. The van der Waals surface area contributed by atoms with Crippen molar-refractivity contribution >= 4 is 41.8 Å². The number of benzene rings is 1. The van der Waals surface area contributed by atoms with Crippen LogP contribution in [0.1, 0.15) is 13.3 Å². The largest absolute Gasteiger partial charge is 0.340 e. The number of para-hydroxylation sites is 2. The Morgan fingerprint density at radius 2 is 2.14 bits per heavy atom. The molecule has 1 saturated heterocycles. The molecule has 0 spiro atoms. The molecule has 1 amide bonds. The number of nitrogens with zero attached hydrogens (tertiary/aromatic N) is 3. The van der Waals surface area contributed by atoms with Crippen LogP contribution in [0.5, 0.6) is 0 Å². The first-order chi connectivity index (χ1) is 9.74. The van der Waals surface area contributed by atoms with Gasteiger partial charge in [-0.15, -0.1) is 24.8 Å². The second-order valence-corrected chi connectivity index (χ2v) is 5.37. The van der Waals surface area contributed by atoms with E-state index < -0.39 is 0 Å². The summed E-state index contributed by atoms with van der Waals surface area (Å²) < 4.78 is 2.05. The third-order valence-corrected chi connectivity index (χ3v) is 3.82. The minimum atomic E-state index is 0. The first-order valence-electron chi connectivity index (χ1n) is 7.15. The Hall–Kier alpha value is -1.30. The summed E-state index contributed by atoms with van der Waals surface area (Å²) in [6.45, 7) is 5.32. The predicted octanol–water partition coefficient (Wildman–Crippen LogP) is 2.09. The fraction of sp³-hybridized carbons (Fsp3) is 0.467. The van der Waals surface area contributed by atoms with Crippen molar-refractivity contribution in [1.82, 2.24) is 19.8 Å². The average molecular weight is 345 g/mol. The molecule has 7 heteroatoms. The number of imidazole rings is 1. The van der Waals surface area contributed by atoms with Crippen molar-refractivity contribution in [3.8, 4) is 0 Å². The molecule has 3 rings (SSSR count). The predicted molar refractivity (Wildman–Crippen MR) is 92.9 cm³/mol. The van der Waals surface area contributed by atoms with Crippen LogP contribution in [0, 0.1) is 0 Å². The van der Waals surface area contributed by atoms with E-state index >= 15 is 0 Å². The van der Waals surface area contributed by atoms with Gasteiger partial charge in [0.1, 0.15) is 0 Å². The molecule has 1 aliphatic heterocycles. The first kappa shape index (κ1) is 18.7. The zero-order valence-electron chi connectivity index (χ0n) is 12.6. The summed E-state index contributed by atoms with van der Waals surface area (Å²) >= 11 is 0. The summed E-state index contributed by atoms with van der Waals surface area (Å²) in [6.07, 6.45) is 2.35. The Balaban J connectivity index is 0.00000121. The topological polar surface area (TPSA) is 50.2 Å². The quantitative estimate of drug-likeness (QED) is 0.927. The summed E-state index contributed by atoms with van der Waals surface area (Å²) in [7, 11) is 0. The van der Waals surface area contributed by atoms with Crippen molar-refractivity contribution in [2.45, 2.75) is 25.9 Å². The van der Waals surface area contributed by atoms with E-state index in [2.05, 4.69) is 21.8 Å². The first-order valence-corrected chi connectivity index (χ1v) is 7.15. The zero-order valence-corrected chi connectivity index (χ0v) is 14.2. The number of fused-ring (bicyclic) bond motifs is 1. The van der Waals surface area contributed by atoms with Crippen LogP contribution in [0.3, 0.4) is 0 Å². The van der Waals surface area contributed by atoms with Gasteiger partial charge in [-0.3, -0.25) is 4.79 Å². The van der Waals surface area contributed by atoms with Crippen molar-refractivity contribution in [2.24, 2.45) is 0 Å². The van der Waals surface area contributed by atoms with Crippen LogP contribution >= 0.6 is 24.8 Å². The SMILES string of the molecule is CC1CN(C(=O)CCn2cnc3ccccc32)CCN1.Cl.Cl. The van der Waals surface area contributed by atoms with Crippen molar-refractivity contribution in [2.75, 3.05) is 19.6 Å². The van der Waals surface area contributed by atoms with E-state index in [-0.39, 0.29) is 30.7 Å². The number of aromatic nitrogens is 2. The Kier molecular flexibility index (Phi) is 7.13. The van der Waals surface area contributed by atoms with Crippen LogP contribution in [0.15, 0.2) is 30.6 Å². The highest BCUT2D eigenvalue weighted by Crippen LogP contribution is 2.12. The number of amides is 1. The number of aryl methyl sites for hydroxylation is 1. The van der Waals surface area contributed by atoms with Crippen LogP contribution in [0.4, 0.5) is 0 Å². The summed E-state index contributed by atoms with van der Waals surface area (Å²) in [5, 5.41) is 3.35. The fourth-order valence-electron chi connectivity index (χ4n) is 2.72. The Morgan fingerprint density at radius 1 is 1.36 bits per heavy atom. The number of halogens is 2. The van der Waals surface area contributed by atoms with E-state index in [1.165, 1.54) is 0 Å². The van der Waals surface area contributed by atoms with E-state index in [1.807, 2.05) is 35.5 Å². The number of hydrogen-bond acceptors (Lipinski definition) is 3. The summed E-state index contributed by atoms with van der Waals surface area (Å²) in [4.78, 5) is 18.5. The normalized spacial score (nSPS) is 17.7. The molecule has 2 heterocycles. The van der Waals surface area contributed by atoms with Gasteiger partial charge in [-0.1, -0.05) is 12.1 Å². The molecule has 122 valence electrons. The average Bonchev–Trinajstić information content (AvgIpc) is 2.88. The molecule has 0 saturated carbocycles. The monoisotopic (exact) mass is 344 g/mol. The van der Waals surface area contributed by atoms with Crippen LogP contribution in [-0.2, 0) is 11.3 Å². The lowest BCUT2D eigenvalue weighted by Crippen LogP contribution is -2.51. The molecule has 1 unspecified atom stereocenters. The summed E-state index contributed by atoms with van der Waals surface area (Å²) in [6, 6.07) is 8.40. The second kappa shape index (κ2) is 8.36. The van der Waals surface area contributed by atoms with Gasteiger partial charge in [0.15, 0.2) is 0 Å². The van der Waals surface area contributed by atoms with E-state index in [0.717, 1.165) is 30.7 Å². The van der Waals surface area contributed by atoms with E-state index in [9.17, 15) is 4.79 Å². The molecule has 1 aromatic carbocycles. The second-order valence-electron chi connectivity index (χ2n) is 5.37. The third kappa shape index (κ3) is 4.12. The van der Waals surface area contributed by atoms with Crippen LogP contribution < -0.4 is 5.32 Å². The molecule has 2 aromatic rings. The van der Waals surface area contributed by atoms with Gasteiger partial charge in [-0.2, -0.15) is 0 Å². The third-order valence-electron chi connectivity index (χ3n) is 3.82. The van der Waals surface area contributed by atoms with Gasteiger partial charge in [0.25, 0.3) is 0 Å². The Bertz CT molecular complexity index is 616. The number of carbonyl (C=O) groups is 1. The van der Waals surface area contributed by atoms with Crippen molar-refractivity contribution in [3.63, 3.8) is 0 Å². The molecule has 5 nitrogen and oxygen atoms in total. The zero-order chi connectivity index (χ0) is 13.9. The number of rotatable bonds is 3. The van der Waals surface area contributed by atoms with Crippen molar-refractivity contribution in [1.29, 1.82) is 0 Å². The highest BCUT2D eigenvalue weighted by atomic mass is 35.5. The molecule has 1 atom stereocenters.